The number of hydrogen-bond donors (Lipinski definition) is 2. The molecule has 0 aliphatic rings. The summed E-state index contributed by atoms with van der Waals surface area (Å²) >= 11 is 0. The van der Waals surface area contributed by atoms with Crippen molar-refractivity contribution in [1.82, 2.24) is 5.43 Å². The highest BCUT2D eigenvalue weighted by molar-refractivity contribution is 5.91. The van der Waals surface area contributed by atoms with E-state index in [4.69, 9.17) is 0 Å². The fraction of sp³-hybridized carbons (Fsp3) is 0.100. The van der Waals surface area contributed by atoms with E-state index in [0.717, 1.165) is 6.26 Å². The maximum atomic E-state index is 12.8. The lowest BCUT2D eigenvalue weighted by molar-refractivity contribution is -0.118. The molecule has 2 N–H and O–H groups in total. The quantitative estimate of drug-likeness (QED) is 0.450. The van der Waals surface area contributed by atoms with Crippen molar-refractivity contribution in [3.8, 4) is 0 Å². The number of benzene rings is 1. The van der Waals surface area contributed by atoms with Crippen LogP contribution >= 0.6 is 0 Å². The molecule has 0 aliphatic heterocycles. The van der Waals surface area contributed by atoms with Crippen molar-refractivity contribution in [2.24, 2.45) is 0 Å². The van der Waals surface area contributed by atoms with Gasteiger partial charge in [0.1, 0.15) is 6.26 Å². The van der Waals surface area contributed by atoms with E-state index >= 15 is 0 Å². The fourth-order valence-corrected chi connectivity index (χ4v) is 0.867. The van der Waals surface area contributed by atoms with Gasteiger partial charge in [-0.2, -0.15) is 4.39 Å². The molecule has 4 nitrogen and oxygen atoms in total. The first kappa shape index (κ1) is 11.0. The molecule has 0 atom stereocenters. The maximum Gasteiger partial charge on any atom is 0.301 e. The monoisotopic (exact) mass is 210 g/mol. The number of halogens is 1. The summed E-state index contributed by atoms with van der Waals surface area (Å²) in [7, 11) is 1.26. The van der Waals surface area contributed by atoms with Crippen LogP contribution in [0.2, 0.25) is 0 Å². The van der Waals surface area contributed by atoms with Crippen LogP contribution in [0, 0.1) is 0 Å². The highest BCUT2D eigenvalue weighted by atomic mass is 19.1. The number of hydrazine groups is 1. The zero-order valence-electron chi connectivity index (χ0n) is 8.16. The predicted octanol–water partition coefficient (Wildman–Crippen LogP) is 1.59. The zero-order chi connectivity index (χ0) is 11.1. The van der Waals surface area contributed by atoms with Gasteiger partial charge in [-0.05, 0) is 12.1 Å². The zero-order valence-corrected chi connectivity index (χ0v) is 8.16. The number of carbonyl (C=O) groups is 1. The minimum absolute atomic E-state index is 0.663. The molecule has 0 heterocycles. The molecule has 0 spiro atoms. The molecule has 1 rings (SSSR count). The summed E-state index contributed by atoms with van der Waals surface area (Å²) in [6.45, 7) is 0. The van der Waals surface area contributed by atoms with Gasteiger partial charge in [0.15, 0.2) is 0 Å². The van der Waals surface area contributed by atoms with E-state index in [9.17, 15) is 9.18 Å². The molecule has 0 saturated heterocycles. The van der Waals surface area contributed by atoms with Crippen LogP contribution < -0.4 is 10.9 Å². The summed E-state index contributed by atoms with van der Waals surface area (Å²) in [5, 5.41) is 0. The standard InChI is InChI=1S/C10H11FN2O2/c1-15-7-9(11)10(14)13-12-8-5-3-2-4-6-8/h2-7,12H,1H3,(H,13,14)/b9-7-. The van der Waals surface area contributed by atoms with Crippen molar-refractivity contribution in [1.29, 1.82) is 0 Å². The Bertz CT molecular complexity index is 352. The van der Waals surface area contributed by atoms with Crippen LogP contribution in [0.3, 0.4) is 0 Å². The SMILES string of the molecule is CO/C=C(\F)C(=O)NNc1ccccc1. The van der Waals surface area contributed by atoms with Gasteiger partial charge >= 0.3 is 5.91 Å². The molecule has 0 fully saturated rings. The molecular weight excluding hydrogens is 199 g/mol. The molecule has 0 aromatic heterocycles. The highest BCUT2D eigenvalue weighted by Crippen LogP contribution is 2.03. The molecule has 5 heteroatoms. The largest absolute Gasteiger partial charge is 0.501 e. The molecule has 15 heavy (non-hydrogen) atoms. The van der Waals surface area contributed by atoms with Crippen molar-refractivity contribution < 1.29 is 13.9 Å². The van der Waals surface area contributed by atoms with E-state index in [-0.39, 0.29) is 0 Å². The number of hydrogen-bond acceptors (Lipinski definition) is 3. The third kappa shape index (κ3) is 3.68. The van der Waals surface area contributed by atoms with Gasteiger partial charge in [0.2, 0.25) is 5.83 Å². The Kier molecular flexibility index (Phi) is 4.15. The molecule has 0 saturated carbocycles. The lowest BCUT2D eigenvalue weighted by Crippen LogP contribution is -2.29. The normalized spacial score (nSPS) is 10.7. The lowest BCUT2D eigenvalue weighted by Gasteiger charge is -2.06. The third-order valence-electron chi connectivity index (χ3n) is 1.53. The minimum atomic E-state index is -0.999. The van der Waals surface area contributed by atoms with Gasteiger partial charge in [-0.3, -0.25) is 15.6 Å². The van der Waals surface area contributed by atoms with Crippen LogP contribution in [0.25, 0.3) is 0 Å². The van der Waals surface area contributed by atoms with Crippen molar-refractivity contribution in [3.05, 3.63) is 42.4 Å². The maximum absolute atomic E-state index is 12.8. The van der Waals surface area contributed by atoms with Gasteiger partial charge in [-0.1, -0.05) is 18.2 Å². The number of para-hydroxylation sites is 1. The van der Waals surface area contributed by atoms with Crippen LogP contribution in [0.5, 0.6) is 0 Å². The molecule has 0 unspecified atom stereocenters. The summed E-state index contributed by atoms with van der Waals surface area (Å²) in [5.41, 5.74) is 5.38. The Balaban J connectivity index is 2.45. The lowest BCUT2D eigenvalue weighted by atomic mass is 10.3. The van der Waals surface area contributed by atoms with Gasteiger partial charge in [-0.15, -0.1) is 0 Å². The van der Waals surface area contributed by atoms with Crippen LogP contribution in [0.4, 0.5) is 10.1 Å². The molecule has 0 bridgehead atoms. The number of rotatable bonds is 4. The highest BCUT2D eigenvalue weighted by Gasteiger charge is 2.07. The minimum Gasteiger partial charge on any atom is -0.501 e. The number of ether oxygens (including phenoxy) is 1. The molecule has 0 radical (unpaired) electrons. The Hall–Kier alpha value is -2.04. The van der Waals surface area contributed by atoms with Gasteiger partial charge in [0, 0.05) is 0 Å². The van der Waals surface area contributed by atoms with Crippen LogP contribution in [-0.4, -0.2) is 13.0 Å². The average Bonchev–Trinajstić information content (AvgIpc) is 2.27. The number of amides is 1. The Morgan fingerprint density at radius 2 is 2.07 bits per heavy atom. The van der Waals surface area contributed by atoms with E-state index in [2.05, 4.69) is 15.6 Å². The number of methoxy groups -OCH3 is 1. The first-order chi connectivity index (χ1) is 7.24. The van der Waals surface area contributed by atoms with E-state index < -0.39 is 11.7 Å². The number of anilines is 1. The smallest absolute Gasteiger partial charge is 0.301 e. The summed E-state index contributed by atoms with van der Waals surface area (Å²) in [5.74, 6) is -1.89. The second kappa shape index (κ2) is 5.64. The summed E-state index contributed by atoms with van der Waals surface area (Å²) in [6.07, 6.45) is 0.724. The van der Waals surface area contributed by atoms with Gasteiger partial charge in [0.05, 0.1) is 12.8 Å². The molecule has 0 aliphatic carbocycles. The molecule has 1 aromatic carbocycles. The molecule has 1 aromatic rings. The topological polar surface area (TPSA) is 50.4 Å². The second-order valence-electron chi connectivity index (χ2n) is 2.65. The number of carbonyl (C=O) groups excluding carboxylic acids is 1. The summed E-state index contributed by atoms with van der Waals surface area (Å²) < 4.78 is 17.1. The van der Waals surface area contributed by atoms with Gasteiger partial charge in [0.25, 0.3) is 0 Å². The first-order valence-corrected chi connectivity index (χ1v) is 4.24. The molecule has 80 valence electrons. The summed E-state index contributed by atoms with van der Waals surface area (Å²) in [4.78, 5) is 11.0. The van der Waals surface area contributed by atoms with E-state index in [1.807, 2.05) is 6.07 Å². The molecule has 1 amide bonds. The third-order valence-corrected chi connectivity index (χ3v) is 1.53. The second-order valence-corrected chi connectivity index (χ2v) is 2.65. The average molecular weight is 210 g/mol. The first-order valence-electron chi connectivity index (χ1n) is 4.24. The van der Waals surface area contributed by atoms with E-state index in [0.29, 0.717) is 5.69 Å². The van der Waals surface area contributed by atoms with E-state index in [1.165, 1.54) is 7.11 Å². The van der Waals surface area contributed by atoms with Crippen molar-refractivity contribution in [2.45, 2.75) is 0 Å². The predicted molar refractivity (Wildman–Crippen MR) is 54.4 cm³/mol. The molecular formula is C10H11FN2O2. The fourth-order valence-electron chi connectivity index (χ4n) is 0.867. The Morgan fingerprint density at radius 1 is 1.40 bits per heavy atom. The van der Waals surface area contributed by atoms with Crippen LogP contribution in [0.15, 0.2) is 42.4 Å². The Morgan fingerprint density at radius 3 is 2.67 bits per heavy atom. The summed E-state index contributed by atoms with van der Waals surface area (Å²) in [6, 6.07) is 8.88. The Labute approximate surface area is 86.7 Å². The number of nitrogens with one attached hydrogen (secondary N) is 2. The van der Waals surface area contributed by atoms with Crippen molar-refractivity contribution in [3.63, 3.8) is 0 Å². The van der Waals surface area contributed by atoms with Crippen molar-refractivity contribution >= 4 is 11.6 Å². The van der Waals surface area contributed by atoms with E-state index in [1.54, 1.807) is 24.3 Å². The van der Waals surface area contributed by atoms with Gasteiger partial charge in [-0.25, -0.2) is 0 Å². The van der Waals surface area contributed by atoms with Crippen LogP contribution in [0.1, 0.15) is 0 Å². The van der Waals surface area contributed by atoms with Crippen molar-refractivity contribution in [2.75, 3.05) is 12.5 Å². The van der Waals surface area contributed by atoms with Gasteiger partial charge < -0.3 is 4.74 Å². The van der Waals surface area contributed by atoms with Crippen LogP contribution in [-0.2, 0) is 9.53 Å².